The number of hydrogen-bond acceptors (Lipinski definition) is 2. The van der Waals surface area contributed by atoms with E-state index in [1.807, 2.05) is 0 Å². The molecule has 0 amide bonds. The van der Waals surface area contributed by atoms with E-state index in [-0.39, 0.29) is 6.79 Å². The molecular weight excluding hydrogens is 380 g/mol. The first-order chi connectivity index (χ1) is 15.3. The maximum Gasteiger partial charge on any atom is 0.188 e. The average molecular weight is 405 g/mol. The van der Waals surface area contributed by atoms with Crippen molar-refractivity contribution < 1.29 is 9.47 Å². The summed E-state index contributed by atoms with van der Waals surface area (Å²) >= 11 is 0. The first-order valence-corrected chi connectivity index (χ1v) is 10.5. The van der Waals surface area contributed by atoms with Crippen molar-refractivity contribution in [1.82, 2.24) is 0 Å². The third-order valence-corrected chi connectivity index (χ3v) is 5.73. The van der Waals surface area contributed by atoms with Crippen LogP contribution in [0.3, 0.4) is 0 Å². The van der Waals surface area contributed by atoms with E-state index in [2.05, 4.69) is 103 Å². The molecule has 2 heteroatoms. The van der Waals surface area contributed by atoms with Crippen LogP contribution < -0.4 is 4.74 Å². The molecular formula is C29H24O2. The summed E-state index contributed by atoms with van der Waals surface area (Å²) in [6.45, 7) is 0.212. The summed E-state index contributed by atoms with van der Waals surface area (Å²) in [5.74, 6) is 0.839. The number of fused-ring (bicyclic) bond motifs is 2. The van der Waals surface area contributed by atoms with E-state index < -0.39 is 0 Å². The van der Waals surface area contributed by atoms with Crippen LogP contribution in [-0.2, 0) is 11.2 Å². The summed E-state index contributed by atoms with van der Waals surface area (Å²) in [7, 11) is 1.65. The highest BCUT2D eigenvalue weighted by Crippen LogP contribution is 2.43. The molecule has 0 spiro atoms. The summed E-state index contributed by atoms with van der Waals surface area (Å²) < 4.78 is 11.3. The highest BCUT2D eigenvalue weighted by atomic mass is 16.7. The normalized spacial score (nSPS) is 11.1. The maximum atomic E-state index is 6.08. The van der Waals surface area contributed by atoms with Gasteiger partial charge in [-0.15, -0.1) is 0 Å². The molecule has 152 valence electrons. The van der Waals surface area contributed by atoms with Crippen LogP contribution in [0.4, 0.5) is 0 Å². The van der Waals surface area contributed by atoms with Crippen molar-refractivity contribution in [2.75, 3.05) is 13.9 Å². The third-order valence-electron chi connectivity index (χ3n) is 5.73. The monoisotopic (exact) mass is 404 g/mol. The smallest absolute Gasteiger partial charge is 0.188 e. The van der Waals surface area contributed by atoms with Crippen molar-refractivity contribution in [2.24, 2.45) is 0 Å². The van der Waals surface area contributed by atoms with E-state index in [4.69, 9.17) is 9.47 Å². The fraction of sp³-hybridized carbons (Fsp3) is 0.103. The van der Waals surface area contributed by atoms with E-state index in [9.17, 15) is 0 Å². The number of hydrogen-bond donors (Lipinski definition) is 0. The van der Waals surface area contributed by atoms with Crippen LogP contribution >= 0.6 is 0 Å². The van der Waals surface area contributed by atoms with Crippen molar-refractivity contribution in [3.63, 3.8) is 0 Å². The summed E-state index contributed by atoms with van der Waals surface area (Å²) in [4.78, 5) is 0. The molecule has 0 saturated heterocycles. The fourth-order valence-electron chi connectivity index (χ4n) is 4.33. The van der Waals surface area contributed by atoms with Crippen LogP contribution in [0.2, 0.25) is 0 Å². The minimum atomic E-state index is 0.212. The number of ether oxygens (including phenoxy) is 2. The molecule has 0 aliphatic carbocycles. The van der Waals surface area contributed by atoms with Gasteiger partial charge in [0.1, 0.15) is 5.75 Å². The minimum absolute atomic E-state index is 0.212. The molecule has 0 bridgehead atoms. The van der Waals surface area contributed by atoms with Crippen LogP contribution in [0.15, 0.2) is 103 Å². The highest BCUT2D eigenvalue weighted by molar-refractivity contribution is 6.08. The van der Waals surface area contributed by atoms with Crippen LogP contribution in [0.5, 0.6) is 5.75 Å². The van der Waals surface area contributed by atoms with Crippen molar-refractivity contribution >= 4 is 21.5 Å². The van der Waals surface area contributed by atoms with E-state index in [0.29, 0.717) is 0 Å². The van der Waals surface area contributed by atoms with E-state index >= 15 is 0 Å². The summed E-state index contributed by atoms with van der Waals surface area (Å²) in [5.41, 5.74) is 4.92. The molecule has 5 aromatic rings. The molecule has 5 aromatic carbocycles. The molecule has 0 radical (unpaired) electrons. The van der Waals surface area contributed by atoms with Gasteiger partial charge in [-0.3, -0.25) is 0 Å². The van der Waals surface area contributed by atoms with Crippen LogP contribution in [0.1, 0.15) is 11.1 Å². The van der Waals surface area contributed by atoms with Gasteiger partial charge >= 0.3 is 0 Å². The van der Waals surface area contributed by atoms with Gasteiger partial charge in [-0.25, -0.2) is 0 Å². The Kier molecular flexibility index (Phi) is 5.39. The molecule has 0 N–H and O–H groups in total. The van der Waals surface area contributed by atoms with Crippen molar-refractivity contribution in [3.8, 4) is 16.9 Å². The predicted molar refractivity (Wildman–Crippen MR) is 129 cm³/mol. The minimum Gasteiger partial charge on any atom is -0.467 e. The van der Waals surface area contributed by atoms with Gasteiger partial charge in [0.15, 0.2) is 6.79 Å². The number of rotatable bonds is 6. The lowest BCUT2D eigenvalue weighted by molar-refractivity contribution is 0.0516. The van der Waals surface area contributed by atoms with E-state index in [1.165, 1.54) is 38.2 Å². The predicted octanol–water partition coefficient (Wildman–Crippen LogP) is 7.23. The Balaban J connectivity index is 1.83. The van der Waals surface area contributed by atoms with Gasteiger partial charge in [0.05, 0.1) is 0 Å². The van der Waals surface area contributed by atoms with Gasteiger partial charge in [-0.1, -0.05) is 97.1 Å². The lowest BCUT2D eigenvalue weighted by atomic mass is 9.87. The Morgan fingerprint density at radius 1 is 0.581 bits per heavy atom. The molecule has 0 unspecified atom stereocenters. The zero-order valence-corrected chi connectivity index (χ0v) is 17.5. The lowest BCUT2D eigenvalue weighted by Gasteiger charge is -2.19. The topological polar surface area (TPSA) is 18.5 Å². The van der Waals surface area contributed by atoms with Gasteiger partial charge in [-0.05, 0) is 50.7 Å². The summed E-state index contributed by atoms with van der Waals surface area (Å²) in [5, 5.41) is 4.83. The largest absolute Gasteiger partial charge is 0.467 e. The molecule has 31 heavy (non-hydrogen) atoms. The fourth-order valence-corrected chi connectivity index (χ4v) is 4.33. The zero-order valence-electron chi connectivity index (χ0n) is 17.5. The van der Waals surface area contributed by atoms with Gasteiger partial charge in [-0.2, -0.15) is 0 Å². The molecule has 0 saturated carbocycles. The highest BCUT2D eigenvalue weighted by Gasteiger charge is 2.18. The molecule has 0 aliphatic heterocycles. The molecule has 2 nitrogen and oxygen atoms in total. The molecule has 0 aromatic heterocycles. The molecule has 0 atom stereocenters. The third kappa shape index (κ3) is 3.78. The summed E-state index contributed by atoms with van der Waals surface area (Å²) in [6.07, 6.45) is 0.855. The standard InChI is InChI=1S/C29H24O2/c1-30-20-31-27-18-17-23-12-6-8-14-26(23)29(27)28-24(19-21-9-3-2-4-10-21)16-15-22-11-5-7-13-25(22)28/h2-18H,19-20H2,1H3. The van der Waals surface area contributed by atoms with Gasteiger partial charge in [0.2, 0.25) is 0 Å². The maximum absolute atomic E-state index is 6.08. The van der Waals surface area contributed by atoms with Gasteiger partial charge in [0, 0.05) is 12.7 Å². The SMILES string of the molecule is COCOc1ccc2ccccc2c1-c1c(Cc2ccccc2)ccc2ccccc12. The molecule has 5 rings (SSSR count). The quantitative estimate of drug-likeness (QED) is 0.278. The van der Waals surface area contributed by atoms with Crippen LogP contribution in [-0.4, -0.2) is 13.9 Å². The molecule has 0 heterocycles. The first-order valence-electron chi connectivity index (χ1n) is 10.5. The Hall–Kier alpha value is -3.62. The van der Waals surface area contributed by atoms with Gasteiger partial charge < -0.3 is 9.47 Å². The Bertz CT molecular complexity index is 1340. The molecule has 0 aliphatic rings. The van der Waals surface area contributed by atoms with Crippen LogP contribution in [0.25, 0.3) is 32.7 Å². The second kappa shape index (κ2) is 8.63. The lowest BCUT2D eigenvalue weighted by Crippen LogP contribution is -2.02. The first kappa shape index (κ1) is 19.3. The average Bonchev–Trinajstić information content (AvgIpc) is 2.83. The van der Waals surface area contributed by atoms with Crippen molar-refractivity contribution in [2.45, 2.75) is 6.42 Å². The number of methoxy groups -OCH3 is 1. The molecule has 0 fully saturated rings. The van der Waals surface area contributed by atoms with Gasteiger partial charge in [0.25, 0.3) is 0 Å². The second-order valence-electron chi connectivity index (χ2n) is 7.69. The van der Waals surface area contributed by atoms with E-state index in [1.54, 1.807) is 7.11 Å². The van der Waals surface area contributed by atoms with E-state index in [0.717, 1.165) is 17.7 Å². The summed E-state index contributed by atoms with van der Waals surface area (Å²) in [6, 6.07) is 36.4. The second-order valence-corrected chi connectivity index (χ2v) is 7.69. The Labute approximate surface area is 182 Å². The van der Waals surface area contributed by atoms with Crippen LogP contribution in [0, 0.1) is 0 Å². The zero-order chi connectivity index (χ0) is 21.0. The van der Waals surface area contributed by atoms with Crippen molar-refractivity contribution in [1.29, 1.82) is 0 Å². The Morgan fingerprint density at radius 3 is 1.90 bits per heavy atom. The van der Waals surface area contributed by atoms with Crippen molar-refractivity contribution in [3.05, 3.63) is 114 Å². The Morgan fingerprint density at radius 2 is 1.19 bits per heavy atom. The number of benzene rings is 5.